The van der Waals surface area contributed by atoms with Crippen LogP contribution >= 0.6 is 45.1 Å². The van der Waals surface area contributed by atoms with E-state index in [0.29, 0.717) is 23.2 Å². The van der Waals surface area contributed by atoms with Crippen LogP contribution in [0.15, 0.2) is 94.0 Å². The summed E-state index contributed by atoms with van der Waals surface area (Å²) in [7, 11) is -14.2. The molecule has 0 saturated carbocycles. The Morgan fingerprint density at radius 2 is 1.58 bits per heavy atom. The summed E-state index contributed by atoms with van der Waals surface area (Å²) in [5, 5.41) is 38.2. The highest BCUT2D eigenvalue weighted by molar-refractivity contribution is 8.77. The Kier molecular flexibility index (Phi) is 20.5. The molecular weight excluding hydrogens is 1410 g/mol. The number of hydrogen-bond acceptors (Lipinski definition) is 21. The molecule has 2 aromatic heterocycles. The smallest absolute Gasteiger partial charge is 0.490 e. The van der Waals surface area contributed by atoms with Crippen LogP contribution in [0, 0.1) is 11.8 Å². The van der Waals surface area contributed by atoms with Crippen LogP contribution in [0.5, 0.6) is 17.2 Å². The molecule has 5 aromatic carbocycles. The summed E-state index contributed by atoms with van der Waals surface area (Å²) in [6, 6.07) is 20.3. The van der Waals surface area contributed by atoms with Crippen molar-refractivity contribution < 1.29 is 85.2 Å². The van der Waals surface area contributed by atoms with Gasteiger partial charge in [-0.25, -0.2) is 23.1 Å². The van der Waals surface area contributed by atoms with Crippen molar-refractivity contribution in [1.82, 2.24) is 29.7 Å². The SMILES string of the molecule is CC(C)(C)SSCOC1C[C@H](n2cc(C#CCNC(=O)c3ccc(/N=N/c4ccc(CCNC(=O)c5ccc(C6=c7cc8c9c(c7Oc7c6cc6c%10c7CCCN%10CCC6)CCC[N+]=9CCC8)c(C(=O)O)c5)cc4O)cc3)c3c(=O)[nH]c(N)nc32)O[C@@H]1COP(=O)(O)OP(=O)(O)OP(=O)(O)O. The van der Waals surface area contributed by atoms with Gasteiger partial charge in [0, 0.05) is 94.1 Å². The first-order chi connectivity index (χ1) is 48.1. The van der Waals surface area contributed by atoms with Gasteiger partial charge in [0.1, 0.15) is 54.3 Å². The number of rotatable bonds is 22. The van der Waals surface area contributed by atoms with Gasteiger partial charge in [0.2, 0.25) is 11.3 Å². The van der Waals surface area contributed by atoms with Crippen LogP contribution < -0.4 is 46.7 Å². The minimum atomic E-state index is -5.82. The molecule has 1 saturated heterocycles. The maximum absolute atomic E-state index is 13.9. The first-order valence-corrected chi connectivity index (χ1v) is 39.4. The lowest BCUT2D eigenvalue weighted by molar-refractivity contribution is -0.0520. The summed E-state index contributed by atoms with van der Waals surface area (Å²) in [6.07, 6.45) is 6.32. The van der Waals surface area contributed by atoms with Crippen molar-refractivity contribution in [2.24, 2.45) is 10.2 Å². The lowest BCUT2D eigenvalue weighted by atomic mass is 9.81. The Morgan fingerprint density at radius 3 is 2.34 bits per heavy atom. The lowest BCUT2D eigenvalue weighted by Gasteiger charge is -2.39. The standard InChI is InChI=1S/C67H71N10O19P3S2/c1-67(2,3)101-100-36-91-52-33-54(93-53(52)35-92-98(87,88)96-99(89,90)95-97(84,85)86)77-34-42(55-61(77)71-66(68)72-64(55)81)9-4-23-69-62(79)38-15-18-43(19-16-38)73-74-50-21-14-37(29-51(50)78)22-24-70-63(80)41-17-20-44(47(32-41)65(82)83)56-48-30-39-10-5-25-75-27-7-12-45(57(39)75)59(48)94-60-46-13-8-28-76-26-6-11-40(58(46)76)31-49(56)60/h14-21,29-32,34,52-54H,5-8,10-13,22-28,33,35-36H2,1-3H3,(H10-,68,69,70,71,72,73,78,79,80,81,82,83,84,85,86,87,88,89,90)/p+1/t52?,53-,54-/m1/s1. The Bertz CT molecular complexity index is 4980. The number of nitrogens with one attached hydrogen (secondary N) is 3. The summed E-state index contributed by atoms with van der Waals surface area (Å²) in [5.74, 6) is 4.88. The van der Waals surface area contributed by atoms with Gasteiger partial charge in [-0.2, -0.15) is 18.7 Å². The van der Waals surface area contributed by atoms with E-state index >= 15 is 0 Å². The molecule has 11 N–H and O–H groups in total. The molecule has 8 heterocycles. The maximum atomic E-state index is 13.9. The molecule has 0 radical (unpaired) electrons. The fourth-order valence-electron chi connectivity index (χ4n) is 13.7. The average Bonchev–Trinajstić information content (AvgIpc) is 1.71. The number of H-pyrrole nitrogens is 1. The minimum Gasteiger partial charge on any atom is -0.506 e. The first kappa shape index (κ1) is 71.4. The molecule has 2 amide bonds. The van der Waals surface area contributed by atoms with Crippen molar-refractivity contribution in [3.8, 4) is 29.1 Å². The number of aromatic nitrogens is 3. The number of aromatic amines is 1. The number of fused-ring (bicyclic) bond motifs is 5. The number of ether oxygens (including phenoxy) is 3. The van der Waals surface area contributed by atoms with Gasteiger partial charge in [0.05, 0.1) is 47.0 Å². The highest BCUT2D eigenvalue weighted by atomic mass is 33.1. The van der Waals surface area contributed by atoms with Crippen molar-refractivity contribution in [3.05, 3.63) is 161 Å². The molecule has 6 aliphatic rings. The second-order valence-electron chi connectivity index (χ2n) is 26.0. The third-order valence-corrected chi connectivity index (χ3v) is 24.6. The van der Waals surface area contributed by atoms with Crippen LogP contribution in [0.2, 0.25) is 0 Å². The molecule has 29 nitrogen and oxygen atoms in total. The number of aromatic carboxylic acids is 1. The number of carboxylic acids is 1. The molecule has 6 aliphatic heterocycles. The molecule has 7 aromatic rings. The van der Waals surface area contributed by atoms with E-state index in [1.165, 1.54) is 89.9 Å². The summed E-state index contributed by atoms with van der Waals surface area (Å²) in [6.45, 7) is 9.11. The Hall–Kier alpha value is -8.01. The first-order valence-electron chi connectivity index (χ1n) is 32.6. The number of anilines is 2. The topological polar surface area (TPSA) is 411 Å². The number of aromatic hydroxyl groups is 1. The summed E-state index contributed by atoms with van der Waals surface area (Å²) < 4.78 is 71.6. The molecule has 0 spiro atoms. The Labute approximate surface area is 585 Å². The normalized spacial score (nSPS) is 18.9. The molecule has 5 atom stereocenters. The van der Waals surface area contributed by atoms with Crippen LogP contribution in [-0.2, 0) is 68.4 Å². The highest BCUT2D eigenvalue weighted by Gasteiger charge is 2.45. The Balaban J connectivity index is 0.637. The number of benzene rings is 5. The van der Waals surface area contributed by atoms with Gasteiger partial charge in [0.15, 0.2) is 5.65 Å². The fraction of sp³-hybridized carbons (Fsp3) is 0.373. The van der Waals surface area contributed by atoms with E-state index in [1.807, 2.05) is 20.8 Å². The second-order valence-corrected chi connectivity index (χ2v) is 33.4. The predicted octanol–water partition coefficient (Wildman–Crippen LogP) is 8.47. The number of nitrogens with zero attached hydrogens (tertiary/aromatic N) is 6. The third-order valence-electron chi connectivity index (χ3n) is 17.8. The van der Waals surface area contributed by atoms with Gasteiger partial charge in [-0.15, -0.1) is 5.11 Å². The van der Waals surface area contributed by atoms with E-state index in [1.54, 1.807) is 36.4 Å². The number of phosphoric ester groups is 1. The molecule has 1 fully saturated rings. The summed E-state index contributed by atoms with van der Waals surface area (Å²) in [5.41, 5.74) is 15.5. The van der Waals surface area contributed by atoms with Crippen LogP contribution in [0.4, 0.5) is 23.0 Å². The number of carboxylic acid groups (broad SMARTS) is 1. The van der Waals surface area contributed by atoms with Crippen molar-refractivity contribution >= 4 is 102 Å². The van der Waals surface area contributed by atoms with Crippen molar-refractivity contribution in [2.75, 3.05) is 62.4 Å². The number of amides is 2. The zero-order valence-electron chi connectivity index (χ0n) is 54.9. The number of nitrogen functional groups attached to an aromatic ring is 1. The molecule has 34 heteroatoms. The largest absolute Gasteiger partial charge is 0.506 e. The average molecular weight is 1480 g/mol. The maximum Gasteiger partial charge on any atom is 0.490 e. The van der Waals surface area contributed by atoms with Crippen molar-refractivity contribution in [3.63, 3.8) is 0 Å². The van der Waals surface area contributed by atoms with E-state index in [2.05, 4.69) is 72.9 Å². The van der Waals surface area contributed by atoms with Crippen LogP contribution in [0.1, 0.15) is 135 Å². The van der Waals surface area contributed by atoms with Crippen LogP contribution in [0.3, 0.4) is 0 Å². The van der Waals surface area contributed by atoms with Gasteiger partial charge in [-0.05, 0) is 122 Å². The molecule has 13 rings (SSSR count). The quantitative estimate of drug-likeness (QED) is 0.00578. The molecular formula is C67H72N10O19P3S2+. The molecule has 0 aliphatic carbocycles. The third kappa shape index (κ3) is 16.0. The number of phenolic OH excluding ortho intramolecular Hbond substituents is 1. The van der Waals surface area contributed by atoms with Gasteiger partial charge >= 0.3 is 29.4 Å². The zero-order chi connectivity index (χ0) is 71.3. The molecule has 530 valence electrons. The van der Waals surface area contributed by atoms with Gasteiger partial charge in [0.25, 0.3) is 17.4 Å². The highest BCUT2D eigenvalue weighted by Crippen LogP contribution is 2.66. The minimum absolute atomic E-state index is 0.000431. The van der Waals surface area contributed by atoms with Crippen molar-refractivity contribution in [1.29, 1.82) is 0 Å². The number of carbonyl (C=O) groups is 3. The van der Waals surface area contributed by atoms with Crippen LogP contribution in [0.25, 0.3) is 16.6 Å². The number of azo groups is 1. The summed E-state index contributed by atoms with van der Waals surface area (Å²) >= 11 is 0. The van der Waals surface area contributed by atoms with Gasteiger partial charge in [-0.3, -0.25) is 23.9 Å². The fourth-order valence-corrected chi connectivity index (χ4v) is 18.8. The molecule has 3 unspecified atom stereocenters. The van der Waals surface area contributed by atoms with Gasteiger partial charge < -0.3 is 69.8 Å². The number of hydrogen-bond donors (Lipinski definition) is 10. The van der Waals surface area contributed by atoms with Gasteiger partial charge in [-0.1, -0.05) is 66.3 Å². The lowest BCUT2D eigenvalue weighted by Crippen LogP contribution is -2.45. The number of aryl methyl sites for hydroxylation is 2. The number of nitrogens with two attached hydrogens (primary N) is 1. The monoisotopic (exact) mass is 1480 g/mol. The van der Waals surface area contributed by atoms with E-state index in [9.17, 15) is 52.9 Å². The van der Waals surface area contributed by atoms with E-state index in [4.69, 9.17) is 34.3 Å². The second kappa shape index (κ2) is 29.0. The zero-order valence-corrected chi connectivity index (χ0v) is 59.2. The van der Waals surface area contributed by atoms with E-state index < -0.39 is 71.9 Å². The van der Waals surface area contributed by atoms with E-state index in [0.717, 1.165) is 105 Å². The Morgan fingerprint density at radius 1 is 0.851 bits per heavy atom. The van der Waals surface area contributed by atoms with E-state index in [-0.39, 0.29) is 80.9 Å². The summed E-state index contributed by atoms with van der Waals surface area (Å²) in [4.78, 5) is 101. The van der Waals surface area contributed by atoms with Crippen molar-refractivity contribution in [2.45, 2.75) is 108 Å². The van der Waals surface area contributed by atoms with Crippen LogP contribution in [-0.4, -0.2) is 131 Å². The number of phenols is 1. The number of phosphoric acid groups is 3. The predicted molar refractivity (Wildman–Crippen MR) is 375 cm³/mol. The molecule has 0 bridgehead atoms. The molecule has 101 heavy (non-hydrogen) atoms. The number of carbonyl (C=O) groups excluding carboxylic acids is 2.